The number of fused-ring (bicyclic) bond motifs is 1. The molecule has 0 amide bonds. The number of hydrogen-bond donors (Lipinski definition) is 4. The number of imidazole rings is 1. The Labute approximate surface area is 176 Å². The second kappa shape index (κ2) is 9.96. The summed E-state index contributed by atoms with van der Waals surface area (Å²) in [6.45, 7) is -0.264. The van der Waals surface area contributed by atoms with Gasteiger partial charge in [0, 0.05) is 13.5 Å². The van der Waals surface area contributed by atoms with Gasteiger partial charge in [-0.05, 0) is 13.0 Å². The second-order valence-electron chi connectivity index (χ2n) is 6.48. The molecule has 1 fully saturated rings. The van der Waals surface area contributed by atoms with Crippen LogP contribution in [-0.4, -0.2) is 68.4 Å². The largest absolute Gasteiger partial charge is 0.472 e. The standard InChI is InChI=1S/C14H24N6O9P2/c1-25-30(21,22)29-9-5-11(20-8-19-12-13(16)17-7-18-14(12)20)28-10(9)6-27-31(23,24)26-4-2-3-15/h7-11H,2-6,15H2,1H3,(H,21,22)(H,23,24)(H2,16,17,18)/t9?,10-,11-/m1/s1. The first-order chi connectivity index (χ1) is 14.7. The van der Waals surface area contributed by atoms with Crippen LogP contribution in [0.3, 0.4) is 0 Å². The Morgan fingerprint density at radius 3 is 2.74 bits per heavy atom. The van der Waals surface area contributed by atoms with Gasteiger partial charge in [0.2, 0.25) is 0 Å². The number of hydrogen-bond acceptors (Lipinski definition) is 12. The summed E-state index contributed by atoms with van der Waals surface area (Å²) < 4.78 is 50.7. The smallest absolute Gasteiger partial charge is 0.382 e. The van der Waals surface area contributed by atoms with Crippen LogP contribution in [-0.2, 0) is 32.0 Å². The van der Waals surface area contributed by atoms with Gasteiger partial charge in [0.05, 0.1) is 19.5 Å². The van der Waals surface area contributed by atoms with Crippen LogP contribution in [0, 0.1) is 0 Å². The van der Waals surface area contributed by atoms with Gasteiger partial charge in [-0.15, -0.1) is 0 Å². The Balaban J connectivity index is 1.76. The summed E-state index contributed by atoms with van der Waals surface area (Å²) in [7, 11) is -7.77. The molecule has 0 saturated carbocycles. The molecule has 1 saturated heterocycles. The molecule has 2 aromatic rings. The van der Waals surface area contributed by atoms with Crippen molar-refractivity contribution in [2.24, 2.45) is 5.73 Å². The summed E-state index contributed by atoms with van der Waals surface area (Å²) >= 11 is 0. The molecule has 15 nitrogen and oxygen atoms in total. The molecule has 5 atom stereocenters. The molecule has 0 aromatic carbocycles. The molecule has 31 heavy (non-hydrogen) atoms. The maximum absolute atomic E-state index is 12.0. The Kier molecular flexibility index (Phi) is 7.76. The van der Waals surface area contributed by atoms with Crippen LogP contribution in [0.1, 0.15) is 19.1 Å². The number of nitrogens with zero attached hydrogens (tertiary/aromatic N) is 4. The maximum atomic E-state index is 12.0. The highest BCUT2D eigenvalue weighted by molar-refractivity contribution is 7.47. The summed E-state index contributed by atoms with van der Waals surface area (Å²) in [5, 5.41) is 0. The number of anilines is 1. The number of phosphoric acid groups is 2. The first-order valence-corrected chi connectivity index (χ1v) is 12.1. The summed E-state index contributed by atoms with van der Waals surface area (Å²) in [5.41, 5.74) is 11.8. The molecule has 3 unspecified atom stereocenters. The number of aromatic nitrogens is 4. The average Bonchev–Trinajstić information content (AvgIpc) is 3.31. The minimum atomic E-state index is -4.39. The van der Waals surface area contributed by atoms with Gasteiger partial charge in [-0.3, -0.25) is 22.7 Å². The van der Waals surface area contributed by atoms with Crippen molar-refractivity contribution in [2.45, 2.75) is 31.3 Å². The van der Waals surface area contributed by atoms with E-state index in [0.717, 1.165) is 7.11 Å². The van der Waals surface area contributed by atoms with Crippen molar-refractivity contribution in [1.82, 2.24) is 19.5 Å². The zero-order valence-corrected chi connectivity index (χ0v) is 18.3. The second-order valence-corrected chi connectivity index (χ2v) is 9.45. The molecule has 0 spiro atoms. The van der Waals surface area contributed by atoms with Crippen molar-refractivity contribution in [3.63, 3.8) is 0 Å². The molecule has 174 valence electrons. The quantitative estimate of drug-likeness (QED) is 0.250. The molecule has 1 aliphatic rings. The third kappa shape index (κ3) is 6.05. The average molecular weight is 482 g/mol. The fourth-order valence-corrected chi connectivity index (χ4v) is 4.31. The SMILES string of the molecule is COP(=O)(O)OC1C[C@H](n2cnc3c(N)ncnc32)O[C@@H]1COP(=O)(O)OCCCN. The Morgan fingerprint density at radius 1 is 1.26 bits per heavy atom. The third-order valence-corrected chi connectivity index (χ3v) is 6.36. The Bertz CT molecular complexity index is 990. The molecular formula is C14H24N6O9P2. The highest BCUT2D eigenvalue weighted by atomic mass is 31.2. The molecule has 17 heteroatoms. The summed E-state index contributed by atoms with van der Waals surface area (Å²) in [5.74, 6) is 0.171. The van der Waals surface area contributed by atoms with Crippen molar-refractivity contribution >= 4 is 32.6 Å². The van der Waals surface area contributed by atoms with Crippen LogP contribution >= 0.6 is 15.6 Å². The summed E-state index contributed by atoms with van der Waals surface area (Å²) in [4.78, 5) is 31.6. The third-order valence-electron chi connectivity index (χ3n) is 4.38. The number of nitrogens with two attached hydrogens (primary N) is 2. The molecular weight excluding hydrogens is 458 g/mol. The molecule has 3 heterocycles. The van der Waals surface area contributed by atoms with E-state index in [1.54, 1.807) is 0 Å². The molecule has 0 radical (unpaired) electrons. The number of rotatable bonds is 11. The van der Waals surface area contributed by atoms with E-state index in [9.17, 15) is 18.9 Å². The highest BCUT2D eigenvalue weighted by Gasteiger charge is 2.43. The molecule has 0 bridgehead atoms. The van der Waals surface area contributed by atoms with Gasteiger partial charge in [-0.2, -0.15) is 0 Å². The molecule has 1 aliphatic heterocycles. The van der Waals surface area contributed by atoms with Gasteiger partial charge in [-0.25, -0.2) is 24.1 Å². The van der Waals surface area contributed by atoms with Crippen LogP contribution in [0.2, 0.25) is 0 Å². The monoisotopic (exact) mass is 482 g/mol. The predicted octanol–water partition coefficient (Wildman–Crippen LogP) is 0.310. The Morgan fingerprint density at radius 2 is 2.03 bits per heavy atom. The van der Waals surface area contributed by atoms with Crippen molar-refractivity contribution in [2.75, 3.05) is 32.6 Å². The van der Waals surface area contributed by atoms with E-state index in [1.165, 1.54) is 17.2 Å². The zero-order valence-electron chi connectivity index (χ0n) is 16.5. The minimum absolute atomic E-state index is 0.0566. The molecule has 2 aromatic heterocycles. The molecule has 6 N–H and O–H groups in total. The van der Waals surface area contributed by atoms with E-state index >= 15 is 0 Å². The lowest BCUT2D eigenvalue weighted by Crippen LogP contribution is -2.28. The molecule has 0 aliphatic carbocycles. The summed E-state index contributed by atoms with van der Waals surface area (Å²) in [6.07, 6.45) is 0.293. The lowest BCUT2D eigenvalue weighted by molar-refractivity contribution is -0.0437. The van der Waals surface area contributed by atoms with Gasteiger partial charge < -0.3 is 26.0 Å². The first-order valence-electron chi connectivity index (χ1n) is 9.13. The lowest BCUT2D eigenvalue weighted by atomic mass is 10.2. The van der Waals surface area contributed by atoms with Crippen LogP contribution in [0.25, 0.3) is 11.2 Å². The zero-order chi connectivity index (χ0) is 22.6. The van der Waals surface area contributed by atoms with E-state index in [2.05, 4.69) is 19.5 Å². The van der Waals surface area contributed by atoms with Gasteiger partial charge in [0.1, 0.15) is 30.3 Å². The van der Waals surface area contributed by atoms with Crippen LogP contribution in [0.15, 0.2) is 12.7 Å². The van der Waals surface area contributed by atoms with Gasteiger partial charge in [-0.1, -0.05) is 0 Å². The van der Waals surface area contributed by atoms with Crippen molar-refractivity contribution < 1.29 is 41.7 Å². The summed E-state index contributed by atoms with van der Waals surface area (Å²) in [6, 6.07) is 0. The topological polar surface area (TPSA) is 216 Å². The predicted molar refractivity (Wildman–Crippen MR) is 105 cm³/mol. The number of ether oxygens (including phenoxy) is 1. The maximum Gasteiger partial charge on any atom is 0.472 e. The van der Waals surface area contributed by atoms with Gasteiger partial charge >= 0.3 is 15.6 Å². The normalized spacial score (nSPS) is 25.5. The van der Waals surface area contributed by atoms with Crippen LogP contribution in [0.4, 0.5) is 5.82 Å². The van der Waals surface area contributed by atoms with Crippen molar-refractivity contribution in [3.05, 3.63) is 12.7 Å². The van der Waals surface area contributed by atoms with E-state index < -0.39 is 40.7 Å². The first kappa shape index (κ1) is 24.1. The van der Waals surface area contributed by atoms with Crippen LogP contribution in [0.5, 0.6) is 0 Å². The minimum Gasteiger partial charge on any atom is -0.382 e. The van der Waals surface area contributed by atoms with E-state index in [1.807, 2.05) is 0 Å². The van der Waals surface area contributed by atoms with E-state index in [4.69, 9.17) is 29.8 Å². The van der Waals surface area contributed by atoms with Crippen molar-refractivity contribution in [1.29, 1.82) is 0 Å². The lowest BCUT2D eigenvalue weighted by Gasteiger charge is -2.21. The Hall–Kier alpha value is -1.51. The van der Waals surface area contributed by atoms with Crippen molar-refractivity contribution in [3.8, 4) is 0 Å². The van der Waals surface area contributed by atoms with E-state index in [0.29, 0.717) is 17.6 Å². The highest BCUT2D eigenvalue weighted by Crippen LogP contribution is 2.49. The molecule has 3 rings (SSSR count). The van der Waals surface area contributed by atoms with Crippen LogP contribution < -0.4 is 11.5 Å². The number of phosphoric ester groups is 2. The van der Waals surface area contributed by atoms with Gasteiger partial charge in [0.15, 0.2) is 11.5 Å². The number of nitrogen functional groups attached to an aromatic ring is 1. The fraction of sp³-hybridized carbons (Fsp3) is 0.643. The van der Waals surface area contributed by atoms with E-state index in [-0.39, 0.29) is 25.4 Å². The fourth-order valence-electron chi connectivity index (χ4n) is 2.90. The van der Waals surface area contributed by atoms with Gasteiger partial charge in [0.25, 0.3) is 0 Å².